The van der Waals surface area contributed by atoms with Crippen LogP contribution in [0.3, 0.4) is 0 Å². The molecule has 0 bridgehead atoms. The average Bonchev–Trinajstić information content (AvgIpc) is 2.66. The van der Waals surface area contributed by atoms with Gasteiger partial charge in [0, 0.05) is 28.8 Å². The summed E-state index contributed by atoms with van der Waals surface area (Å²) >= 11 is 3.02. The highest BCUT2D eigenvalue weighted by molar-refractivity contribution is 7.99. The van der Waals surface area contributed by atoms with E-state index in [1.165, 1.54) is 16.2 Å². The molecule has 15 heavy (non-hydrogen) atoms. The van der Waals surface area contributed by atoms with Gasteiger partial charge in [-0.3, -0.25) is 4.79 Å². The van der Waals surface area contributed by atoms with Gasteiger partial charge in [-0.25, -0.2) is 0 Å². The Morgan fingerprint density at radius 3 is 2.73 bits per heavy atom. The van der Waals surface area contributed by atoms with E-state index in [2.05, 4.69) is 12.1 Å². The summed E-state index contributed by atoms with van der Waals surface area (Å²) in [4.78, 5) is 12.6. The molecule has 0 saturated carbocycles. The summed E-state index contributed by atoms with van der Waals surface area (Å²) in [5.41, 5.74) is 0. The second-order valence-corrected chi connectivity index (χ2v) is 5.05. The third-order valence-corrected chi connectivity index (χ3v) is 3.67. The van der Waals surface area contributed by atoms with E-state index in [0.29, 0.717) is 0 Å². The van der Waals surface area contributed by atoms with E-state index in [4.69, 9.17) is 0 Å². The third kappa shape index (κ3) is 2.97. The molecule has 0 N–H and O–H groups in total. The zero-order valence-electron chi connectivity index (χ0n) is 8.13. The lowest BCUT2D eigenvalue weighted by Gasteiger charge is -2.01. The van der Waals surface area contributed by atoms with Gasteiger partial charge in [0.1, 0.15) is 0 Å². The van der Waals surface area contributed by atoms with Crippen molar-refractivity contribution in [1.82, 2.24) is 4.57 Å². The molecule has 0 atom stereocenters. The maximum atomic E-state index is 11.2. The fraction of sp³-hybridized carbons (Fsp3) is 0.182. The minimum Gasteiger partial charge on any atom is -0.305 e. The highest BCUT2D eigenvalue weighted by atomic mass is 32.2. The molecule has 1 heterocycles. The Bertz CT molecular complexity index is 461. The minimum atomic E-state index is 0.128. The second-order valence-electron chi connectivity index (χ2n) is 3.02. The van der Waals surface area contributed by atoms with Gasteiger partial charge >= 0.3 is 4.87 Å². The molecule has 0 radical (unpaired) electrons. The lowest BCUT2D eigenvalue weighted by molar-refractivity contribution is 0.758. The highest BCUT2D eigenvalue weighted by Gasteiger charge is 1.97. The molecule has 1 aromatic heterocycles. The van der Waals surface area contributed by atoms with Crippen LogP contribution in [0.1, 0.15) is 0 Å². The van der Waals surface area contributed by atoms with Crippen LogP contribution >= 0.6 is 23.1 Å². The Morgan fingerprint density at radius 1 is 1.27 bits per heavy atom. The van der Waals surface area contributed by atoms with Crippen molar-refractivity contribution in [2.24, 2.45) is 0 Å². The van der Waals surface area contributed by atoms with Gasteiger partial charge in [0.25, 0.3) is 0 Å². The summed E-state index contributed by atoms with van der Waals surface area (Å²) in [7, 11) is 0. The van der Waals surface area contributed by atoms with Gasteiger partial charge in [-0.1, -0.05) is 29.5 Å². The zero-order chi connectivity index (χ0) is 10.5. The van der Waals surface area contributed by atoms with Crippen LogP contribution in [0.15, 0.2) is 51.6 Å². The van der Waals surface area contributed by atoms with Gasteiger partial charge in [0.05, 0.1) is 0 Å². The zero-order valence-corrected chi connectivity index (χ0v) is 9.76. The maximum absolute atomic E-state index is 11.2. The Labute approximate surface area is 96.6 Å². The van der Waals surface area contributed by atoms with E-state index < -0.39 is 0 Å². The number of thioether (sulfide) groups is 1. The van der Waals surface area contributed by atoms with Crippen LogP contribution in [0.4, 0.5) is 0 Å². The van der Waals surface area contributed by atoms with E-state index in [-0.39, 0.29) is 4.87 Å². The van der Waals surface area contributed by atoms with Crippen LogP contribution in [0.2, 0.25) is 0 Å². The smallest absolute Gasteiger partial charge is 0.305 e. The summed E-state index contributed by atoms with van der Waals surface area (Å²) in [6.07, 6.45) is 1.85. The van der Waals surface area contributed by atoms with Gasteiger partial charge in [-0.15, -0.1) is 11.8 Å². The predicted octanol–water partition coefficient (Wildman–Crippen LogP) is 2.70. The third-order valence-electron chi connectivity index (χ3n) is 1.99. The number of hydrogen-bond acceptors (Lipinski definition) is 3. The molecule has 0 aliphatic heterocycles. The first kappa shape index (κ1) is 10.5. The Morgan fingerprint density at radius 2 is 2.07 bits per heavy atom. The number of rotatable bonds is 4. The lowest BCUT2D eigenvalue weighted by atomic mass is 10.4. The first-order chi connectivity index (χ1) is 7.36. The number of nitrogens with zero attached hydrogens (tertiary/aromatic N) is 1. The maximum Gasteiger partial charge on any atom is 0.307 e. The number of aryl methyl sites for hydroxylation is 1. The number of hydrogen-bond donors (Lipinski definition) is 0. The van der Waals surface area contributed by atoms with Crippen LogP contribution in [0.5, 0.6) is 0 Å². The highest BCUT2D eigenvalue weighted by Crippen LogP contribution is 2.16. The average molecular weight is 237 g/mol. The molecule has 78 valence electrons. The molecule has 0 aliphatic carbocycles. The second kappa shape index (κ2) is 5.19. The number of benzene rings is 1. The number of thiazole rings is 1. The molecule has 2 rings (SSSR count). The summed E-state index contributed by atoms with van der Waals surface area (Å²) in [6.45, 7) is 0.780. The van der Waals surface area contributed by atoms with Gasteiger partial charge in [0.2, 0.25) is 0 Å². The Balaban J connectivity index is 1.86. The fourth-order valence-electron chi connectivity index (χ4n) is 1.24. The monoisotopic (exact) mass is 237 g/mol. The van der Waals surface area contributed by atoms with Crippen LogP contribution in [-0.2, 0) is 6.54 Å². The summed E-state index contributed by atoms with van der Waals surface area (Å²) < 4.78 is 1.75. The largest absolute Gasteiger partial charge is 0.307 e. The molecular formula is C11H11NOS2. The van der Waals surface area contributed by atoms with Crippen molar-refractivity contribution in [2.75, 3.05) is 5.75 Å². The predicted molar refractivity (Wildman–Crippen MR) is 65.7 cm³/mol. The standard InChI is InChI=1S/C11H11NOS2/c13-11-12(7-9-15-11)6-8-14-10-4-2-1-3-5-10/h1-5,7,9H,6,8H2. The fourth-order valence-corrected chi connectivity index (χ4v) is 2.72. The van der Waals surface area contributed by atoms with Crippen molar-refractivity contribution in [2.45, 2.75) is 11.4 Å². The first-order valence-electron chi connectivity index (χ1n) is 4.68. The van der Waals surface area contributed by atoms with Gasteiger partial charge in [-0.2, -0.15) is 0 Å². The molecule has 4 heteroatoms. The van der Waals surface area contributed by atoms with Crippen LogP contribution in [0, 0.1) is 0 Å². The molecule has 2 aromatic rings. The molecule has 0 spiro atoms. The summed E-state index contributed by atoms with van der Waals surface area (Å²) in [5.74, 6) is 0.931. The number of aromatic nitrogens is 1. The Kier molecular flexibility index (Phi) is 3.64. The van der Waals surface area contributed by atoms with Gasteiger partial charge in [-0.05, 0) is 12.1 Å². The summed E-state index contributed by atoms with van der Waals surface area (Å²) in [6, 6.07) is 10.2. The van der Waals surface area contributed by atoms with Gasteiger partial charge in [0.15, 0.2) is 0 Å². The molecule has 0 saturated heterocycles. The normalized spacial score (nSPS) is 10.4. The van der Waals surface area contributed by atoms with E-state index >= 15 is 0 Å². The van der Waals surface area contributed by atoms with E-state index in [1.807, 2.05) is 29.8 Å². The molecule has 2 nitrogen and oxygen atoms in total. The van der Waals surface area contributed by atoms with Crippen molar-refractivity contribution in [3.8, 4) is 0 Å². The van der Waals surface area contributed by atoms with Crippen molar-refractivity contribution >= 4 is 23.1 Å². The molecule has 0 amide bonds. The van der Waals surface area contributed by atoms with E-state index in [0.717, 1.165) is 12.3 Å². The Hall–Kier alpha value is -1.00. The minimum absolute atomic E-state index is 0.128. The molecule has 0 fully saturated rings. The SMILES string of the molecule is O=c1sccn1CCSc1ccccc1. The molecule has 0 unspecified atom stereocenters. The van der Waals surface area contributed by atoms with Crippen LogP contribution in [-0.4, -0.2) is 10.3 Å². The van der Waals surface area contributed by atoms with E-state index in [9.17, 15) is 4.79 Å². The molecule has 0 aliphatic rings. The quantitative estimate of drug-likeness (QED) is 0.763. The molecule has 1 aromatic carbocycles. The lowest BCUT2D eigenvalue weighted by Crippen LogP contribution is -2.12. The van der Waals surface area contributed by atoms with Crippen molar-refractivity contribution in [3.63, 3.8) is 0 Å². The van der Waals surface area contributed by atoms with Crippen LogP contribution in [0.25, 0.3) is 0 Å². The van der Waals surface area contributed by atoms with Crippen molar-refractivity contribution in [3.05, 3.63) is 51.6 Å². The van der Waals surface area contributed by atoms with E-state index in [1.54, 1.807) is 16.3 Å². The summed E-state index contributed by atoms with van der Waals surface area (Å²) in [5, 5.41) is 1.83. The van der Waals surface area contributed by atoms with Crippen LogP contribution < -0.4 is 4.87 Å². The van der Waals surface area contributed by atoms with Crippen molar-refractivity contribution < 1.29 is 0 Å². The first-order valence-corrected chi connectivity index (χ1v) is 6.54. The van der Waals surface area contributed by atoms with Crippen molar-refractivity contribution in [1.29, 1.82) is 0 Å². The topological polar surface area (TPSA) is 22.0 Å². The molecular weight excluding hydrogens is 226 g/mol. The van der Waals surface area contributed by atoms with Gasteiger partial charge < -0.3 is 4.57 Å².